The molecule has 0 aromatic heterocycles. The first-order chi connectivity index (χ1) is 20.7. The summed E-state index contributed by atoms with van der Waals surface area (Å²) in [5.74, 6) is 0.426. The fraction of sp³-hybridized carbons (Fsp3) is 0.743. The second-order valence-corrected chi connectivity index (χ2v) is 25.7. The van der Waals surface area contributed by atoms with Crippen molar-refractivity contribution in [1.82, 2.24) is 0 Å². The molecule has 0 aliphatic carbocycles. The molecule has 1 aromatic carbocycles. The van der Waals surface area contributed by atoms with E-state index in [0.29, 0.717) is 19.8 Å². The minimum Gasteiger partial charge on any atom is -0.497 e. The Morgan fingerprint density at radius 3 is 2.16 bits per heavy atom. The molecule has 10 heteroatoms. The molecule has 0 spiro atoms. The van der Waals surface area contributed by atoms with E-state index in [4.69, 9.17) is 32.5 Å². The van der Waals surface area contributed by atoms with Crippen molar-refractivity contribution in [3.8, 4) is 5.75 Å². The smallest absolute Gasteiger partial charge is 0.497 e. The van der Waals surface area contributed by atoms with E-state index in [1.165, 1.54) is 0 Å². The van der Waals surface area contributed by atoms with Crippen molar-refractivity contribution in [2.75, 3.05) is 26.9 Å². The van der Waals surface area contributed by atoms with E-state index in [-0.39, 0.29) is 40.5 Å². The second kappa shape index (κ2) is 14.2. The van der Waals surface area contributed by atoms with E-state index in [0.717, 1.165) is 11.3 Å². The zero-order valence-corrected chi connectivity index (χ0v) is 32.2. The summed E-state index contributed by atoms with van der Waals surface area (Å²) in [4.78, 5) is 12.6. The van der Waals surface area contributed by atoms with Crippen LogP contribution in [0.5, 0.6) is 5.75 Å². The minimum atomic E-state index is -2.33. The molecule has 0 unspecified atom stereocenters. The van der Waals surface area contributed by atoms with Crippen LogP contribution in [-0.2, 0) is 34.4 Å². The third kappa shape index (κ3) is 9.02. The van der Waals surface area contributed by atoms with Crippen LogP contribution in [0.4, 0.5) is 4.79 Å². The molecule has 256 valence electrons. The molecule has 2 heterocycles. The van der Waals surface area contributed by atoms with Crippen LogP contribution in [0.2, 0.25) is 36.3 Å². The molecule has 0 bridgehead atoms. The highest BCUT2D eigenvalue weighted by molar-refractivity contribution is 6.74. The summed E-state index contributed by atoms with van der Waals surface area (Å²) < 4.78 is 43.6. The lowest BCUT2D eigenvalue weighted by molar-refractivity contribution is -0.108. The quantitative estimate of drug-likeness (QED) is 0.0800. The van der Waals surface area contributed by atoms with Gasteiger partial charge in [0.05, 0.1) is 32.5 Å². The Bertz CT molecular complexity index is 1140. The molecule has 8 nitrogen and oxygen atoms in total. The van der Waals surface area contributed by atoms with E-state index >= 15 is 0 Å². The Morgan fingerprint density at radius 2 is 1.62 bits per heavy atom. The molecule has 1 aromatic rings. The second-order valence-electron chi connectivity index (χ2n) is 16.1. The van der Waals surface area contributed by atoms with Gasteiger partial charge in [0.2, 0.25) is 0 Å². The van der Waals surface area contributed by atoms with Gasteiger partial charge in [-0.05, 0) is 60.9 Å². The molecule has 3 rings (SSSR count). The van der Waals surface area contributed by atoms with Crippen molar-refractivity contribution in [2.24, 2.45) is 17.8 Å². The molecule has 7 atom stereocenters. The van der Waals surface area contributed by atoms with Crippen molar-refractivity contribution in [3.63, 3.8) is 0 Å². The third-order valence-corrected chi connectivity index (χ3v) is 19.6. The van der Waals surface area contributed by atoms with Gasteiger partial charge in [0.1, 0.15) is 24.1 Å². The van der Waals surface area contributed by atoms with Gasteiger partial charge in [0.15, 0.2) is 16.6 Å². The van der Waals surface area contributed by atoms with Gasteiger partial charge in [0, 0.05) is 24.4 Å². The Labute approximate surface area is 274 Å². The van der Waals surface area contributed by atoms with E-state index in [9.17, 15) is 4.79 Å². The highest BCUT2D eigenvalue weighted by Gasteiger charge is 2.65. The summed E-state index contributed by atoms with van der Waals surface area (Å²) in [6, 6.07) is 7.92. The Kier molecular flexibility index (Phi) is 11.9. The highest BCUT2D eigenvalue weighted by Crippen LogP contribution is 2.52. The van der Waals surface area contributed by atoms with Gasteiger partial charge in [0.25, 0.3) is 0 Å². The van der Waals surface area contributed by atoms with Crippen LogP contribution in [-0.4, -0.2) is 73.6 Å². The summed E-state index contributed by atoms with van der Waals surface area (Å²) in [7, 11) is -2.83. The molecule has 0 amide bonds. The largest absolute Gasteiger partial charge is 0.508 e. The lowest BCUT2D eigenvalue weighted by Gasteiger charge is -2.47. The van der Waals surface area contributed by atoms with E-state index in [1.807, 2.05) is 30.3 Å². The maximum absolute atomic E-state index is 12.6. The number of benzene rings is 1. The predicted molar refractivity (Wildman–Crippen MR) is 184 cm³/mol. The highest BCUT2D eigenvalue weighted by atomic mass is 28.4. The summed E-state index contributed by atoms with van der Waals surface area (Å²) in [5.41, 5.74) is 0.456. The standard InChI is InChI=1S/C35H60O8Si2/c1-15-26-22-39-32(36)41-29(26)28(23-40-44(11,12)33(3,4)5)31(43-45(13,14)34(6,7)8)35(9)30(42-35)24(2)20-38-21-25-16-18-27(37-10)19-17-25/h15-19,24,26,28-31H,1,20-23H2,2-14H3/t24-,26-,28-,29+,30+,31-,35-/m0/s1. The summed E-state index contributed by atoms with van der Waals surface area (Å²) in [6.07, 6.45) is 0.141. The van der Waals surface area contributed by atoms with Crippen LogP contribution in [0.1, 0.15) is 61.0 Å². The number of methoxy groups -OCH3 is 1. The van der Waals surface area contributed by atoms with Crippen LogP contribution in [0.15, 0.2) is 36.9 Å². The SMILES string of the molecule is C=C[C@H]1COC(=O)O[C@H]1[C@H](CO[Si](C)(C)C(C)(C)C)[C@H](O[Si](C)(C)C(C)(C)C)[C@@]1(C)O[C@@H]1[C@@H](C)COCc1ccc(OC)cc1. The molecule has 2 fully saturated rings. The van der Waals surface area contributed by atoms with Crippen molar-refractivity contribution < 1.29 is 37.3 Å². The molecule has 2 aliphatic rings. The normalized spacial score (nSPS) is 26.3. The van der Waals surface area contributed by atoms with Crippen LogP contribution in [0.3, 0.4) is 0 Å². The Morgan fingerprint density at radius 1 is 1.02 bits per heavy atom. The molecule has 2 saturated heterocycles. The van der Waals surface area contributed by atoms with Gasteiger partial charge in [-0.1, -0.05) is 66.7 Å². The zero-order chi connectivity index (χ0) is 34.0. The monoisotopic (exact) mass is 664 g/mol. The maximum Gasteiger partial charge on any atom is 0.508 e. The van der Waals surface area contributed by atoms with E-state index in [2.05, 4.69) is 88.2 Å². The molecule has 2 aliphatic heterocycles. The van der Waals surface area contributed by atoms with Gasteiger partial charge in [-0.25, -0.2) is 4.79 Å². The summed E-state index contributed by atoms with van der Waals surface area (Å²) >= 11 is 0. The van der Waals surface area contributed by atoms with Crippen LogP contribution >= 0.6 is 0 Å². The van der Waals surface area contributed by atoms with Gasteiger partial charge >= 0.3 is 6.16 Å². The lowest BCUT2D eigenvalue weighted by Crippen LogP contribution is -2.58. The topological polar surface area (TPSA) is 85.0 Å². The van der Waals surface area contributed by atoms with E-state index < -0.39 is 40.6 Å². The number of epoxide rings is 1. The van der Waals surface area contributed by atoms with Gasteiger partial charge in [-0.2, -0.15) is 0 Å². The maximum atomic E-state index is 12.6. The average Bonchev–Trinajstić information content (AvgIpc) is 3.64. The number of hydrogen-bond acceptors (Lipinski definition) is 8. The predicted octanol–water partition coefficient (Wildman–Crippen LogP) is 8.37. The Balaban J connectivity index is 1.93. The van der Waals surface area contributed by atoms with Crippen LogP contribution < -0.4 is 4.74 Å². The first-order valence-electron chi connectivity index (χ1n) is 16.3. The van der Waals surface area contributed by atoms with Gasteiger partial charge < -0.3 is 32.5 Å². The molecule has 0 N–H and O–H groups in total. The van der Waals surface area contributed by atoms with Crippen LogP contribution in [0, 0.1) is 17.8 Å². The summed E-state index contributed by atoms with van der Waals surface area (Å²) in [6.45, 7) is 32.4. The lowest BCUT2D eigenvalue weighted by atomic mass is 9.80. The number of carbonyl (C=O) groups is 1. The number of cyclic esters (lactones) is 2. The third-order valence-electron chi connectivity index (χ3n) is 10.6. The minimum absolute atomic E-state index is 0.00970. The summed E-state index contributed by atoms with van der Waals surface area (Å²) in [5, 5.41) is -0.0378. The van der Waals surface area contributed by atoms with Crippen molar-refractivity contribution in [1.29, 1.82) is 0 Å². The molecule has 45 heavy (non-hydrogen) atoms. The number of carbonyl (C=O) groups excluding carboxylic acids is 1. The average molecular weight is 665 g/mol. The first kappa shape index (κ1) is 37.8. The Hall–Kier alpha value is -1.70. The molecule has 0 radical (unpaired) electrons. The van der Waals surface area contributed by atoms with Crippen molar-refractivity contribution >= 4 is 22.8 Å². The molecular formula is C35H60O8Si2. The number of ether oxygens (including phenoxy) is 5. The first-order valence-corrected chi connectivity index (χ1v) is 22.1. The van der Waals surface area contributed by atoms with Gasteiger partial charge in [-0.3, -0.25) is 0 Å². The van der Waals surface area contributed by atoms with Crippen molar-refractivity contribution in [3.05, 3.63) is 42.5 Å². The van der Waals surface area contributed by atoms with Crippen molar-refractivity contribution in [2.45, 2.75) is 122 Å². The van der Waals surface area contributed by atoms with Crippen LogP contribution in [0.25, 0.3) is 0 Å². The van der Waals surface area contributed by atoms with Gasteiger partial charge in [-0.15, -0.1) is 6.58 Å². The number of hydrogen-bond donors (Lipinski definition) is 0. The molecular weight excluding hydrogens is 605 g/mol. The fourth-order valence-corrected chi connectivity index (χ4v) is 7.86. The fourth-order valence-electron chi connectivity index (χ4n) is 5.42. The zero-order valence-electron chi connectivity index (χ0n) is 30.2. The number of rotatable bonds is 15. The molecule has 0 saturated carbocycles. The van der Waals surface area contributed by atoms with E-state index in [1.54, 1.807) is 7.11 Å².